The van der Waals surface area contributed by atoms with Gasteiger partial charge in [0.05, 0.1) is 23.1 Å². The summed E-state index contributed by atoms with van der Waals surface area (Å²) < 4.78 is 11.9. The van der Waals surface area contributed by atoms with Crippen LogP contribution in [0.3, 0.4) is 0 Å². The average molecular weight is 477 g/mol. The molecule has 1 aromatic carbocycles. The van der Waals surface area contributed by atoms with Crippen LogP contribution in [0.15, 0.2) is 47.2 Å². The number of carbonyl (C=O) groups is 1. The highest BCUT2D eigenvalue weighted by Gasteiger charge is 2.51. The van der Waals surface area contributed by atoms with E-state index in [1.807, 2.05) is 32.0 Å². The predicted molar refractivity (Wildman–Crippen MR) is 136 cm³/mol. The second-order valence-corrected chi connectivity index (χ2v) is 10.5. The third-order valence-corrected chi connectivity index (χ3v) is 7.68. The zero-order valence-corrected chi connectivity index (χ0v) is 21.0. The maximum absolute atomic E-state index is 12.8. The monoisotopic (exact) mass is 476 g/mol. The molecule has 7 heteroatoms. The molecular formula is C28H36N4O3. The molecule has 0 radical (unpaired) electrons. The van der Waals surface area contributed by atoms with Gasteiger partial charge in [0, 0.05) is 30.9 Å². The Morgan fingerprint density at radius 1 is 1.29 bits per heavy atom. The Labute approximate surface area is 207 Å². The molecule has 3 atom stereocenters. The second kappa shape index (κ2) is 9.97. The fraction of sp³-hybridized carbons (Fsp3) is 0.536. The van der Waals surface area contributed by atoms with E-state index in [1.165, 1.54) is 5.57 Å². The smallest absolute Gasteiger partial charge is 0.308 e. The molecular weight excluding hydrogens is 440 g/mol. The SMILES string of the molecule is CC(C)C(=O)OC1(CCN(C)CCCc2nc3ccccc3[nH]2)CC2CCC1C=C2c1ncco1. The molecule has 1 saturated carbocycles. The van der Waals surface area contributed by atoms with Crippen LogP contribution in [0.5, 0.6) is 0 Å². The van der Waals surface area contributed by atoms with Crippen molar-refractivity contribution in [2.45, 2.75) is 58.0 Å². The van der Waals surface area contributed by atoms with Crippen LogP contribution >= 0.6 is 0 Å². The molecule has 3 aromatic rings. The number of nitrogens with one attached hydrogen (secondary N) is 1. The number of benzene rings is 1. The number of allylic oxidation sites excluding steroid dienone is 1. The molecule has 7 nitrogen and oxygen atoms in total. The Balaban J connectivity index is 1.22. The predicted octanol–water partition coefficient (Wildman–Crippen LogP) is 5.26. The van der Waals surface area contributed by atoms with Gasteiger partial charge in [0.25, 0.3) is 0 Å². The second-order valence-electron chi connectivity index (χ2n) is 10.5. The van der Waals surface area contributed by atoms with E-state index in [1.54, 1.807) is 12.5 Å². The van der Waals surface area contributed by atoms with Crippen molar-refractivity contribution < 1.29 is 13.9 Å². The molecule has 186 valence electrons. The third kappa shape index (κ3) is 5.06. The lowest BCUT2D eigenvalue weighted by atomic mass is 9.61. The van der Waals surface area contributed by atoms with Gasteiger partial charge in [-0.15, -0.1) is 0 Å². The number of carbonyl (C=O) groups excluding carboxylic acids is 1. The van der Waals surface area contributed by atoms with E-state index in [4.69, 9.17) is 14.1 Å². The standard InChI is InChI=1S/C28H36N4O3/c1-19(2)27(33)35-28(18-20-10-11-21(28)17-22(20)26-29-13-16-34-26)12-15-32(3)14-6-9-25-30-23-7-4-5-8-24(23)31-25/h4-5,7-8,13,16-17,19-21H,6,9-12,14-15,18H2,1-3H3,(H,30,31). The fourth-order valence-corrected chi connectivity index (χ4v) is 5.69. The van der Waals surface area contributed by atoms with Crippen LogP contribution in [0.2, 0.25) is 0 Å². The van der Waals surface area contributed by atoms with Crippen molar-refractivity contribution in [2.24, 2.45) is 17.8 Å². The molecule has 3 aliphatic rings. The molecule has 0 aliphatic heterocycles. The van der Waals surface area contributed by atoms with Gasteiger partial charge >= 0.3 is 5.97 Å². The third-order valence-electron chi connectivity index (χ3n) is 7.68. The number of oxazole rings is 1. The maximum Gasteiger partial charge on any atom is 0.308 e. The van der Waals surface area contributed by atoms with Gasteiger partial charge in [-0.25, -0.2) is 9.97 Å². The molecule has 0 spiro atoms. The van der Waals surface area contributed by atoms with Gasteiger partial charge < -0.3 is 19.0 Å². The summed E-state index contributed by atoms with van der Waals surface area (Å²) in [7, 11) is 2.16. The first kappa shape index (κ1) is 23.8. The maximum atomic E-state index is 12.8. The summed E-state index contributed by atoms with van der Waals surface area (Å²) in [5.41, 5.74) is 2.85. The number of rotatable bonds is 10. The number of hydrogen-bond donors (Lipinski definition) is 1. The Morgan fingerprint density at radius 2 is 2.14 bits per heavy atom. The minimum absolute atomic E-state index is 0.101. The molecule has 0 amide bonds. The molecule has 3 unspecified atom stereocenters. The normalized spacial score (nSPS) is 23.9. The summed E-state index contributed by atoms with van der Waals surface area (Å²) in [4.78, 5) is 27.6. The van der Waals surface area contributed by atoms with Crippen molar-refractivity contribution in [1.29, 1.82) is 0 Å². The molecule has 2 heterocycles. The molecule has 6 rings (SSSR count). The summed E-state index contributed by atoms with van der Waals surface area (Å²) in [5, 5.41) is 0. The van der Waals surface area contributed by atoms with Crippen LogP contribution in [-0.4, -0.2) is 51.6 Å². The summed E-state index contributed by atoms with van der Waals surface area (Å²) in [6.07, 6.45) is 11.4. The largest absolute Gasteiger partial charge is 0.458 e. The molecule has 35 heavy (non-hydrogen) atoms. The molecule has 3 aliphatic carbocycles. The fourth-order valence-electron chi connectivity index (χ4n) is 5.69. The molecule has 1 N–H and O–H groups in total. The lowest BCUT2D eigenvalue weighted by Crippen LogP contribution is -2.51. The van der Waals surface area contributed by atoms with E-state index in [2.05, 4.69) is 34.1 Å². The number of ether oxygens (including phenoxy) is 1. The van der Waals surface area contributed by atoms with Crippen LogP contribution in [0.4, 0.5) is 0 Å². The Morgan fingerprint density at radius 3 is 2.86 bits per heavy atom. The van der Waals surface area contributed by atoms with E-state index in [0.29, 0.717) is 11.8 Å². The number of aromatic nitrogens is 3. The number of esters is 1. The quantitative estimate of drug-likeness (QED) is 0.402. The number of fused-ring (bicyclic) bond motifs is 3. The number of hydrogen-bond acceptors (Lipinski definition) is 6. The number of H-pyrrole nitrogens is 1. The summed E-state index contributed by atoms with van der Waals surface area (Å²) >= 11 is 0. The summed E-state index contributed by atoms with van der Waals surface area (Å²) in [6.45, 7) is 5.68. The number of imidazole rings is 1. The lowest BCUT2D eigenvalue weighted by molar-refractivity contribution is -0.176. The first-order valence-corrected chi connectivity index (χ1v) is 12.9. The van der Waals surface area contributed by atoms with E-state index in [-0.39, 0.29) is 17.8 Å². The van der Waals surface area contributed by atoms with Crippen LogP contribution in [-0.2, 0) is 16.0 Å². The van der Waals surface area contributed by atoms with Crippen molar-refractivity contribution >= 4 is 22.6 Å². The van der Waals surface area contributed by atoms with E-state index in [9.17, 15) is 4.79 Å². The zero-order valence-electron chi connectivity index (χ0n) is 21.0. The van der Waals surface area contributed by atoms with Gasteiger partial charge in [0.1, 0.15) is 17.7 Å². The minimum atomic E-state index is -0.451. The number of nitrogens with zero attached hydrogens (tertiary/aromatic N) is 3. The van der Waals surface area contributed by atoms with Gasteiger partial charge in [-0.2, -0.15) is 0 Å². The van der Waals surface area contributed by atoms with Crippen LogP contribution in [0.25, 0.3) is 16.6 Å². The van der Waals surface area contributed by atoms with Crippen molar-refractivity contribution in [3.63, 3.8) is 0 Å². The van der Waals surface area contributed by atoms with E-state index < -0.39 is 5.60 Å². The first-order valence-electron chi connectivity index (χ1n) is 12.9. The highest BCUT2D eigenvalue weighted by Crippen LogP contribution is 2.52. The van der Waals surface area contributed by atoms with Crippen molar-refractivity contribution in [2.75, 3.05) is 20.1 Å². The number of aromatic amines is 1. The van der Waals surface area contributed by atoms with Gasteiger partial charge in [0.2, 0.25) is 5.89 Å². The first-order chi connectivity index (χ1) is 16.9. The van der Waals surface area contributed by atoms with Gasteiger partial charge in [0.15, 0.2) is 0 Å². The van der Waals surface area contributed by atoms with Gasteiger partial charge in [-0.1, -0.05) is 32.1 Å². The Kier molecular flexibility index (Phi) is 6.78. The topological polar surface area (TPSA) is 84.2 Å². The Bertz CT molecular complexity index is 1150. The molecule has 2 aromatic heterocycles. The highest BCUT2D eigenvalue weighted by molar-refractivity contribution is 5.74. The van der Waals surface area contributed by atoms with E-state index in [0.717, 1.165) is 68.5 Å². The molecule has 0 saturated heterocycles. The van der Waals surface area contributed by atoms with Crippen LogP contribution in [0.1, 0.15) is 57.7 Å². The van der Waals surface area contributed by atoms with E-state index >= 15 is 0 Å². The van der Waals surface area contributed by atoms with Crippen molar-refractivity contribution in [3.05, 3.63) is 54.5 Å². The number of para-hydroxylation sites is 2. The zero-order chi connectivity index (χ0) is 24.4. The highest BCUT2D eigenvalue weighted by atomic mass is 16.6. The summed E-state index contributed by atoms with van der Waals surface area (Å²) in [5.74, 6) is 2.03. The van der Waals surface area contributed by atoms with Crippen molar-refractivity contribution in [3.8, 4) is 0 Å². The Hall–Kier alpha value is -2.93. The summed E-state index contributed by atoms with van der Waals surface area (Å²) in [6, 6.07) is 8.15. The molecule has 2 bridgehead atoms. The number of aryl methyl sites for hydroxylation is 1. The van der Waals surface area contributed by atoms with Gasteiger partial charge in [-0.3, -0.25) is 4.79 Å². The minimum Gasteiger partial charge on any atom is -0.458 e. The average Bonchev–Trinajstić information content (AvgIpc) is 3.53. The molecule has 1 fully saturated rings. The van der Waals surface area contributed by atoms with Crippen LogP contribution < -0.4 is 0 Å². The lowest BCUT2D eigenvalue weighted by Gasteiger charge is -2.50. The van der Waals surface area contributed by atoms with Crippen molar-refractivity contribution in [1.82, 2.24) is 19.9 Å². The van der Waals surface area contributed by atoms with Crippen LogP contribution in [0, 0.1) is 17.8 Å². The van der Waals surface area contributed by atoms with Gasteiger partial charge in [-0.05, 0) is 57.3 Å².